The van der Waals surface area contributed by atoms with Crippen LogP contribution in [0.1, 0.15) is 0 Å². The molecule has 0 spiro atoms. The standard InChI is InChI=1S/C6H10Br4O2/c7-1-3(9)5(11)6(12)4(10)2-8/h3-6,11-12H,1-2H2/t3-,4-,5-,6-/m1/s1. The summed E-state index contributed by atoms with van der Waals surface area (Å²) in [5.41, 5.74) is 0. The van der Waals surface area contributed by atoms with E-state index >= 15 is 0 Å². The van der Waals surface area contributed by atoms with Crippen LogP contribution in [0.5, 0.6) is 0 Å². The molecule has 0 aliphatic rings. The Kier molecular flexibility index (Phi) is 8.27. The van der Waals surface area contributed by atoms with Crippen molar-refractivity contribution in [2.75, 3.05) is 10.7 Å². The molecule has 0 radical (unpaired) electrons. The maximum Gasteiger partial charge on any atom is 0.0943 e. The number of hydrogen-bond donors (Lipinski definition) is 2. The Morgan fingerprint density at radius 3 is 1.25 bits per heavy atom. The van der Waals surface area contributed by atoms with Crippen molar-refractivity contribution in [3.05, 3.63) is 0 Å². The van der Waals surface area contributed by atoms with E-state index in [2.05, 4.69) is 63.7 Å². The highest BCUT2D eigenvalue weighted by Gasteiger charge is 2.28. The molecule has 0 saturated carbocycles. The van der Waals surface area contributed by atoms with Gasteiger partial charge in [-0.25, -0.2) is 0 Å². The topological polar surface area (TPSA) is 40.5 Å². The molecule has 2 N–H and O–H groups in total. The third kappa shape index (κ3) is 4.37. The van der Waals surface area contributed by atoms with E-state index in [0.717, 1.165) is 0 Å². The van der Waals surface area contributed by atoms with Gasteiger partial charge in [0, 0.05) is 10.7 Å². The van der Waals surface area contributed by atoms with Crippen LogP contribution in [0.3, 0.4) is 0 Å². The van der Waals surface area contributed by atoms with Gasteiger partial charge in [0.25, 0.3) is 0 Å². The van der Waals surface area contributed by atoms with Crippen LogP contribution in [0.4, 0.5) is 0 Å². The maximum atomic E-state index is 9.51. The smallest absolute Gasteiger partial charge is 0.0943 e. The predicted octanol–water partition coefficient (Wildman–Crippen LogP) is 2.02. The molecular weight excluding hydrogens is 424 g/mol. The molecule has 6 heteroatoms. The Bertz CT molecular complexity index is 110. The summed E-state index contributed by atoms with van der Waals surface area (Å²) in [6.07, 6.45) is -1.54. The largest absolute Gasteiger partial charge is 0.389 e. The van der Waals surface area contributed by atoms with Gasteiger partial charge in [-0.1, -0.05) is 63.7 Å². The van der Waals surface area contributed by atoms with E-state index in [1.807, 2.05) is 0 Å². The van der Waals surface area contributed by atoms with E-state index in [9.17, 15) is 10.2 Å². The minimum absolute atomic E-state index is 0.133. The SMILES string of the molecule is O[C@@H]([C@H](O)[C@H](Br)CBr)[C@H](Br)CBr. The molecule has 0 fully saturated rings. The summed E-state index contributed by atoms with van der Waals surface area (Å²) in [5.74, 6) is 0. The van der Waals surface area contributed by atoms with Crippen molar-refractivity contribution >= 4 is 63.7 Å². The summed E-state index contributed by atoms with van der Waals surface area (Å²) in [7, 11) is 0. The molecule has 0 aromatic rings. The number of aliphatic hydroxyl groups excluding tert-OH is 2. The lowest BCUT2D eigenvalue weighted by Gasteiger charge is -2.24. The van der Waals surface area contributed by atoms with Crippen LogP contribution in [0.25, 0.3) is 0 Å². The molecule has 0 aromatic heterocycles. The van der Waals surface area contributed by atoms with Crippen molar-refractivity contribution in [2.45, 2.75) is 21.9 Å². The van der Waals surface area contributed by atoms with Crippen LogP contribution < -0.4 is 0 Å². The average molecular weight is 434 g/mol. The zero-order valence-corrected chi connectivity index (χ0v) is 12.5. The third-order valence-electron chi connectivity index (χ3n) is 1.39. The van der Waals surface area contributed by atoms with E-state index < -0.39 is 12.2 Å². The van der Waals surface area contributed by atoms with Crippen molar-refractivity contribution in [1.29, 1.82) is 0 Å². The molecule has 0 bridgehead atoms. The fraction of sp³-hybridized carbons (Fsp3) is 1.00. The van der Waals surface area contributed by atoms with E-state index in [0.29, 0.717) is 10.7 Å². The van der Waals surface area contributed by atoms with Gasteiger partial charge in [-0.15, -0.1) is 0 Å². The molecule has 0 amide bonds. The first-order chi connectivity index (χ1) is 5.54. The molecule has 0 aliphatic heterocycles. The normalized spacial score (nSPS) is 21.5. The van der Waals surface area contributed by atoms with Crippen LogP contribution in [-0.2, 0) is 0 Å². The third-order valence-corrected chi connectivity index (χ3v) is 6.25. The van der Waals surface area contributed by atoms with Crippen molar-refractivity contribution in [3.63, 3.8) is 0 Å². The van der Waals surface area contributed by atoms with Gasteiger partial charge in [-0.2, -0.15) is 0 Å². The first-order valence-electron chi connectivity index (χ1n) is 3.30. The monoisotopic (exact) mass is 430 g/mol. The molecular formula is C6H10Br4O2. The molecule has 0 aromatic carbocycles. The van der Waals surface area contributed by atoms with Crippen LogP contribution in [0, 0.1) is 0 Å². The number of hydrogen-bond acceptors (Lipinski definition) is 2. The van der Waals surface area contributed by atoms with Crippen molar-refractivity contribution in [1.82, 2.24) is 0 Å². The Hall–Kier alpha value is 1.84. The number of halogens is 4. The number of rotatable bonds is 5. The zero-order chi connectivity index (χ0) is 9.72. The van der Waals surface area contributed by atoms with Gasteiger partial charge in [-0.05, 0) is 0 Å². The molecule has 4 atom stereocenters. The van der Waals surface area contributed by atoms with Gasteiger partial charge < -0.3 is 10.2 Å². The summed E-state index contributed by atoms with van der Waals surface area (Å²) in [6, 6.07) is 0. The predicted molar refractivity (Wildman–Crippen MR) is 65.0 cm³/mol. The van der Waals surface area contributed by atoms with E-state index in [-0.39, 0.29) is 9.65 Å². The quantitative estimate of drug-likeness (QED) is 0.651. The second kappa shape index (κ2) is 7.17. The van der Waals surface area contributed by atoms with E-state index in [1.54, 1.807) is 0 Å². The molecule has 0 heterocycles. The molecule has 2 nitrogen and oxygen atoms in total. The van der Waals surface area contributed by atoms with Crippen LogP contribution in [-0.4, -0.2) is 42.7 Å². The minimum atomic E-state index is -0.772. The number of alkyl halides is 4. The second-order valence-corrected chi connectivity index (χ2v) is 5.97. The Balaban J connectivity index is 3.99. The summed E-state index contributed by atoms with van der Waals surface area (Å²) in [4.78, 5) is -0.266. The summed E-state index contributed by atoms with van der Waals surface area (Å²) in [5, 5.41) is 20.2. The molecule has 74 valence electrons. The zero-order valence-electron chi connectivity index (χ0n) is 6.13. The lowest BCUT2D eigenvalue weighted by Crippen LogP contribution is -2.41. The molecule has 0 aliphatic carbocycles. The summed E-state index contributed by atoms with van der Waals surface area (Å²) in [6.45, 7) is 0. The highest BCUT2D eigenvalue weighted by Crippen LogP contribution is 2.19. The molecule has 0 unspecified atom stereocenters. The molecule has 12 heavy (non-hydrogen) atoms. The Morgan fingerprint density at radius 1 is 0.833 bits per heavy atom. The first-order valence-corrected chi connectivity index (χ1v) is 7.38. The average Bonchev–Trinajstić information content (AvgIpc) is 2.12. The highest BCUT2D eigenvalue weighted by molar-refractivity contribution is 9.12. The van der Waals surface area contributed by atoms with Gasteiger partial charge in [0.2, 0.25) is 0 Å². The number of aliphatic hydroxyl groups is 2. The van der Waals surface area contributed by atoms with Crippen molar-refractivity contribution < 1.29 is 10.2 Å². The van der Waals surface area contributed by atoms with Gasteiger partial charge in [-0.3, -0.25) is 0 Å². The first kappa shape index (κ1) is 13.8. The fourth-order valence-electron chi connectivity index (χ4n) is 0.610. The fourth-order valence-corrected chi connectivity index (χ4v) is 2.00. The Morgan fingerprint density at radius 2 is 1.08 bits per heavy atom. The summed E-state index contributed by atoms with van der Waals surface area (Å²) < 4.78 is 0. The highest BCUT2D eigenvalue weighted by atomic mass is 79.9. The Labute approximate surface area is 106 Å². The van der Waals surface area contributed by atoms with Gasteiger partial charge in [0.1, 0.15) is 0 Å². The second-order valence-electron chi connectivity index (χ2n) is 2.32. The van der Waals surface area contributed by atoms with Gasteiger partial charge >= 0.3 is 0 Å². The maximum absolute atomic E-state index is 9.51. The lowest BCUT2D eigenvalue weighted by atomic mass is 10.1. The van der Waals surface area contributed by atoms with E-state index in [1.165, 1.54) is 0 Å². The van der Waals surface area contributed by atoms with Crippen LogP contribution >= 0.6 is 63.7 Å². The lowest BCUT2D eigenvalue weighted by molar-refractivity contribution is 0.0263. The van der Waals surface area contributed by atoms with Crippen molar-refractivity contribution in [2.24, 2.45) is 0 Å². The van der Waals surface area contributed by atoms with Crippen LogP contribution in [0.15, 0.2) is 0 Å². The van der Waals surface area contributed by atoms with Gasteiger partial charge in [0.15, 0.2) is 0 Å². The molecule has 0 rings (SSSR count). The minimum Gasteiger partial charge on any atom is -0.389 e. The summed E-state index contributed by atoms with van der Waals surface area (Å²) >= 11 is 12.9. The van der Waals surface area contributed by atoms with Crippen LogP contribution in [0.2, 0.25) is 0 Å². The van der Waals surface area contributed by atoms with Crippen molar-refractivity contribution in [3.8, 4) is 0 Å². The molecule has 0 saturated heterocycles. The van der Waals surface area contributed by atoms with E-state index in [4.69, 9.17) is 0 Å². The van der Waals surface area contributed by atoms with Gasteiger partial charge in [0.05, 0.1) is 21.9 Å².